The van der Waals surface area contributed by atoms with Gasteiger partial charge in [-0.05, 0) is 36.8 Å². The summed E-state index contributed by atoms with van der Waals surface area (Å²) in [6.07, 6.45) is 3.69. The molecule has 4 heteroatoms. The molecule has 0 bridgehead atoms. The van der Waals surface area contributed by atoms with Gasteiger partial charge in [-0.25, -0.2) is 4.98 Å². The van der Waals surface area contributed by atoms with Gasteiger partial charge < -0.3 is 5.32 Å². The molecule has 0 atom stereocenters. The Morgan fingerprint density at radius 2 is 2.05 bits per heavy atom. The fourth-order valence-corrected chi connectivity index (χ4v) is 3.30. The van der Waals surface area contributed by atoms with E-state index < -0.39 is 0 Å². The average molecular weight is 291 g/mol. The van der Waals surface area contributed by atoms with Crippen LogP contribution in [0, 0.1) is 6.92 Å². The molecular formula is C17H13N3S. The third-order valence-corrected chi connectivity index (χ3v) is 4.42. The third kappa shape index (κ3) is 2.23. The zero-order valence-electron chi connectivity index (χ0n) is 11.5. The van der Waals surface area contributed by atoms with Gasteiger partial charge in [0.2, 0.25) is 0 Å². The Hall–Kier alpha value is -2.46. The van der Waals surface area contributed by atoms with Crippen molar-refractivity contribution in [3.63, 3.8) is 0 Å². The molecule has 2 heterocycles. The number of thiazole rings is 1. The first-order chi connectivity index (χ1) is 10.3. The second-order valence-electron chi connectivity index (χ2n) is 5.02. The zero-order valence-corrected chi connectivity index (χ0v) is 12.3. The maximum absolute atomic E-state index is 4.67. The number of aryl methyl sites for hydroxylation is 1. The highest BCUT2D eigenvalue weighted by molar-refractivity contribution is 7.22. The Balaban J connectivity index is 1.79. The minimum atomic E-state index is 0.917. The summed E-state index contributed by atoms with van der Waals surface area (Å²) in [4.78, 5) is 8.83. The molecule has 0 aliphatic heterocycles. The summed E-state index contributed by atoms with van der Waals surface area (Å²) < 4.78 is 1.20. The number of nitrogens with one attached hydrogen (secondary N) is 1. The van der Waals surface area contributed by atoms with E-state index in [1.807, 2.05) is 24.5 Å². The third-order valence-electron chi connectivity index (χ3n) is 3.47. The van der Waals surface area contributed by atoms with E-state index in [0.29, 0.717) is 0 Å². The van der Waals surface area contributed by atoms with Crippen LogP contribution < -0.4 is 5.32 Å². The molecule has 0 fully saturated rings. The molecule has 102 valence electrons. The number of nitrogens with zero attached hydrogens (tertiary/aromatic N) is 2. The molecule has 1 N–H and O–H groups in total. The molecule has 21 heavy (non-hydrogen) atoms. The van der Waals surface area contributed by atoms with Crippen LogP contribution in [0.5, 0.6) is 0 Å². The molecule has 0 spiro atoms. The number of aromatic nitrogens is 2. The minimum Gasteiger partial charge on any atom is -0.331 e. The second kappa shape index (κ2) is 4.82. The molecule has 0 saturated heterocycles. The zero-order chi connectivity index (χ0) is 14.2. The van der Waals surface area contributed by atoms with E-state index in [0.717, 1.165) is 27.1 Å². The summed E-state index contributed by atoms with van der Waals surface area (Å²) in [5.41, 5.74) is 3.34. The molecule has 0 saturated carbocycles. The highest BCUT2D eigenvalue weighted by Crippen LogP contribution is 2.31. The minimum absolute atomic E-state index is 0.917. The van der Waals surface area contributed by atoms with Crippen LogP contribution in [-0.4, -0.2) is 9.97 Å². The van der Waals surface area contributed by atoms with E-state index in [-0.39, 0.29) is 0 Å². The Morgan fingerprint density at radius 3 is 3.00 bits per heavy atom. The van der Waals surface area contributed by atoms with Crippen molar-refractivity contribution >= 4 is 43.1 Å². The van der Waals surface area contributed by atoms with Gasteiger partial charge in [0, 0.05) is 28.9 Å². The van der Waals surface area contributed by atoms with E-state index in [1.54, 1.807) is 11.3 Å². The molecule has 2 aromatic carbocycles. The van der Waals surface area contributed by atoms with E-state index in [2.05, 4.69) is 52.5 Å². The van der Waals surface area contributed by atoms with E-state index in [1.165, 1.54) is 10.3 Å². The first-order valence-corrected chi connectivity index (χ1v) is 7.58. The lowest BCUT2D eigenvalue weighted by molar-refractivity contribution is 1.36. The number of pyridine rings is 1. The van der Waals surface area contributed by atoms with Crippen LogP contribution in [0.2, 0.25) is 0 Å². The monoisotopic (exact) mass is 291 g/mol. The summed E-state index contributed by atoms with van der Waals surface area (Å²) in [7, 11) is 0. The lowest BCUT2D eigenvalue weighted by Gasteiger charge is -2.06. The van der Waals surface area contributed by atoms with E-state index >= 15 is 0 Å². The van der Waals surface area contributed by atoms with Gasteiger partial charge in [-0.3, -0.25) is 4.98 Å². The first kappa shape index (κ1) is 12.3. The Labute approximate surface area is 126 Å². The van der Waals surface area contributed by atoms with Gasteiger partial charge in [0.15, 0.2) is 5.13 Å². The van der Waals surface area contributed by atoms with Crippen LogP contribution >= 0.6 is 11.3 Å². The van der Waals surface area contributed by atoms with Crippen molar-refractivity contribution in [1.82, 2.24) is 9.97 Å². The lowest BCUT2D eigenvalue weighted by Crippen LogP contribution is -1.90. The second-order valence-corrected chi connectivity index (χ2v) is 6.05. The molecule has 0 radical (unpaired) electrons. The van der Waals surface area contributed by atoms with Crippen LogP contribution in [0.25, 0.3) is 21.0 Å². The van der Waals surface area contributed by atoms with Crippen LogP contribution in [-0.2, 0) is 0 Å². The predicted octanol–water partition coefficient (Wildman–Crippen LogP) is 4.90. The van der Waals surface area contributed by atoms with Crippen LogP contribution in [0.1, 0.15) is 5.56 Å². The number of rotatable bonds is 2. The van der Waals surface area contributed by atoms with E-state index in [4.69, 9.17) is 0 Å². The Kier molecular flexibility index (Phi) is 2.82. The maximum atomic E-state index is 4.67. The topological polar surface area (TPSA) is 37.8 Å². The molecule has 0 aliphatic rings. The van der Waals surface area contributed by atoms with Crippen molar-refractivity contribution in [3.05, 3.63) is 60.4 Å². The van der Waals surface area contributed by atoms with Crippen molar-refractivity contribution in [1.29, 1.82) is 0 Å². The number of hydrogen-bond donors (Lipinski definition) is 1. The summed E-state index contributed by atoms with van der Waals surface area (Å²) in [6.45, 7) is 2.09. The van der Waals surface area contributed by atoms with Gasteiger partial charge in [0.1, 0.15) is 0 Å². The average Bonchev–Trinajstić information content (AvgIpc) is 2.89. The Morgan fingerprint density at radius 1 is 1.10 bits per heavy atom. The van der Waals surface area contributed by atoms with Gasteiger partial charge >= 0.3 is 0 Å². The fourth-order valence-electron chi connectivity index (χ4n) is 2.44. The van der Waals surface area contributed by atoms with Gasteiger partial charge in [-0.1, -0.05) is 29.5 Å². The lowest BCUT2D eigenvalue weighted by atomic mass is 10.1. The van der Waals surface area contributed by atoms with E-state index in [9.17, 15) is 0 Å². The van der Waals surface area contributed by atoms with Gasteiger partial charge in [0.05, 0.1) is 10.2 Å². The van der Waals surface area contributed by atoms with Crippen LogP contribution in [0.15, 0.2) is 54.9 Å². The standard InChI is InChI=1S/C17H13N3S/c1-11-5-6-16-15(9-11)20-17(21-16)19-14-4-2-3-12-10-18-8-7-13(12)14/h2-10H,1H3,(H,19,20). The van der Waals surface area contributed by atoms with Crippen LogP contribution in [0.3, 0.4) is 0 Å². The van der Waals surface area contributed by atoms with Crippen molar-refractivity contribution in [2.75, 3.05) is 5.32 Å². The van der Waals surface area contributed by atoms with Crippen molar-refractivity contribution in [2.45, 2.75) is 6.92 Å². The molecular weight excluding hydrogens is 278 g/mol. The molecule has 0 amide bonds. The normalized spacial score (nSPS) is 11.1. The Bertz CT molecular complexity index is 938. The maximum Gasteiger partial charge on any atom is 0.188 e. The number of fused-ring (bicyclic) bond motifs is 2. The predicted molar refractivity (Wildman–Crippen MR) is 89.4 cm³/mol. The molecule has 4 aromatic rings. The van der Waals surface area contributed by atoms with Gasteiger partial charge in [0.25, 0.3) is 0 Å². The van der Waals surface area contributed by atoms with Crippen LogP contribution in [0.4, 0.5) is 10.8 Å². The summed E-state index contributed by atoms with van der Waals surface area (Å²) in [5.74, 6) is 0. The van der Waals surface area contributed by atoms with Crippen molar-refractivity contribution in [3.8, 4) is 0 Å². The summed E-state index contributed by atoms with van der Waals surface area (Å²) in [6, 6.07) is 14.5. The SMILES string of the molecule is Cc1ccc2sc(Nc3cccc4cnccc34)nc2c1. The highest BCUT2D eigenvalue weighted by atomic mass is 32.1. The van der Waals surface area contributed by atoms with Crippen molar-refractivity contribution in [2.24, 2.45) is 0 Å². The van der Waals surface area contributed by atoms with Gasteiger partial charge in [-0.15, -0.1) is 0 Å². The van der Waals surface area contributed by atoms with Gasteiger partial charge in [-0.2, -0.15) is 0 Å². The quantitative estimate of drug-likeness (QED) is 0.571. The van der Waals surface area contributed by atoms with Crippen molar-refractivity contribution < 1.29 is 0 Å². The molecule has 2 aromatic heterocycles. The largest absolute Gasteiger partial charge is 0.331 e. The molecule has 4 rings (SSSR count). The summed E-state index contributed by atoms with van der Waals surface area (Å²) in [5, 5.41) is 6.63. The molecule has 0 unspecified atom stereocenters. The fraction of sp³-hybridized carbons (Fsp3) is 0.0588. The molecule has 0 aliphatic carbocycles. The molecule has 3 nitrogen and oxygen atoms in total. The summed E-state index contributed by atoms with van der Waals surface area (Å²) >= 11 is 1.67. The first-order valence-electron chi connectivity index (χ1n) is 6.76. The number of benzene rings is 2. The number of hydrogen-bond acceptors (Lipinski definition) is 4. The smallest absolute Gasteiger partial charge is 0.188 e. The number of anilines is 2. The highest BCUT2D eigenvalue weighted by Gasteiger charge is 2.06.